The van der Waals surface area contributed by atoms with Crippen LogP contribution >= 0.6 is 0 Å². The van der Waals surface area contributed by atoms with Crippen molar-refractivity contribution in [3.05, 3.63) is 64.1 Å². The summed E-state index contributed by atoms with van der Waals surface area (Å²) in [5.74, 6) is -2.72. The minimum Gasteiger partial charge on any atom is -0.507 e. The van der Waals surface area contributed by atoms with Crippen molar-refractivity contribution in [1.82, 2.24) is 5.32 Å². The average Bonchev–Trinajstić information content (AvgIpc) is 3.14. The quantitative estimate of drug-likeness (QED) is 0.263. The molecular formula is C27H26N2O8. The lowest BCUT2D eigenvalue weighted by atomic mass is 9.70. The van der Waals surface area contributed by atoms with E-state index in [0.29, 0.717) is 11.4 Å². The maximum absolute atomic E-state index is 13.8. The number of hydrogen-bond donors (Lipinski definition) is 4. The van der Waals surface area contributed by atoms with E-state index in [9.17, 15) is 29.4 Å². The summed E-state index contributed by atoms with van der Waals surface area (Å²) >= 11 is 0. The van der Waals surface area contributed by atoms with Crippen LogP contribution in [0.1, 0.15) is 42.3 Å². The Hall–Kier alpha value is -4.60. The second-order valence-electron chi connectivity index (χ2n) is 9.02. The highest BCUT2D eigenvalue weighted by Gasteiger charge is 2.56. The standard InChI is InChI=1S/C27H26N2O8/c1-12-23(33)21(14(3)30)25-22(24(12)34)27(4)18(37-25)10-17(31)20(26(27)35)13(2)28-11-19(32)29-15-6-8-16(36-5)9-7-15/h6-10,28,33-34H,11H2,1-5H3,(H,29,32)/t27-/m0/s1. The third-order valence-electron chi connectivity index (χ3n) is 6.65. The molecule has 2 aliphatic rings. The van der Waals surface area contributed by atoms with Crippen molar-refractivity contribution in [2.45, 2.75) is 33.1 Å². The molecular weight excluding hydrogens is 480 g/mol. The van der Waals surface area contributed by atoms with E-state index in [1.54, 1.807) is 24.3 Å². The highest BCUT2D eigenvalue weighted by Crippen LogP contribution is 2.57. The first-order valence-electron chi connectivity index (χ1n) is 11.4. The Morgan fingerprint density at radius 1 is 1.08 bits per heavy atom. The van der Waals surface area contributed by atoms with Gasteiger partial charge in [-0.1, -0.05) is 0 Å². The van der Waals surface area contributed by atoms with Crippen LogP contribution in [0.4, 0.5) is 5.69 Å². The van der Waals surface area contributed by atoms with Crippen LogP contribution in [-0.2, 0) is 19.8 Å². The first kappa shape index (κ1) is 25.5. The van der Waals surface area contributed by atoms with Crippen LogP contribution in [0.2, 0.25) is 0 Å². The fourth-order valence-electron chi connectivity index (χ4n) is 4.54. The van der Waals surface area contributed by atoms with Crippen molar-refractivity contribution >= 4 is 28.9 Å². The number of phenols is 2. The molecule has 1 heterocycles. The number of benzene rings is 2. The number of rotatable bonds is 6. The molecule has 0 saturated heterocycles. The number of allylic oxidation sites excluding steroid dienone is 4. The molecule has 1 amide bonds. The number of ether oxygens (including phenoxy) is 2. The number of methoxy groups -OCH3 is 1. The van der Waals surface area contributed by atoms with E-state index in [1.807, 2.05) is 0 Å². The van der Waals surface area contributed by atoms with Gasteiger partial charge in [0.2, 0.25) is 5.91 Å². The summed E-state index contributed by atoms with van der Waals surface area (Å²) < 4.78 is 10.8. The van der Waals surface area contributed by atoms with Crippen molar-refractivity contribution in [3.8, 4) is 23.0 Å². The Morgan fingerprint density at radius 2 is 1.73 bits per heavy atom. The molecule has 10 nitrogen and oxygen atoms in total. The summed E-state index contributed by atoms with van der Waals surface area (Å²) in [7, 11) is 1.53. The maximum atomic E-state index is 13.8. The van der Waals surface area contributed by atoms with Gasteiger partial charge in [0.15, 0.2) is 17.3 Å². The number of nitrogens with one attached hydrogen (secondary N) is 2. The van der Waals surface area contributed by atoms with Crippen LogP contribution in [0.25, 0.3) is 0 Å². The topological polar surface area (TPSA) is 151 Å². The van der Waals surface area contributed by atoms with Gasteiger partial charge in [0.1, 0.15) is 39.7 Å². The zero-order chi connectivity index (χ0) is 27.2. The smallest absolute Gasteiger partial charge is 0.243 e. The van der Waals surface area contributed by atoms with Gasteiger partial charge in [-0.05, 0) is 52.0 Å². The lowest BCUT2D eigenvalue weighted by Crippen LogP contribution is -2.41. The van der Waals surface area contributed by atoms with Gasteiger partial charge in [-0.2, -0.15) is 0 Å². The van der Waals surface area contributed by atoms with E-state index in [-0.39, 0.29) is 46.0 Å². The van der Waals surface area contributed by atoms with Crippen molar-refractivity contribution in [2.24, 2.45) is 0 Å². The second-order valence-corrected chi connectivity index (χ2v) is 9.02. The highest BCUT2D eigenvalue weighted by molar-refractivity contribution is 6.31. The Labute approximate surface area is 212 Å². The number of anilines is 1. The van der Waals surface area contributed by atoms with E-state index in [2.05, 4.69) is 10.6 Å². The van der Waals surface area contributed by atoms with E-state index in [4.69, 9.17) is 9.47 Å². The van der Waals surface area contributed by atoms with Crippen molar-refractivity contribution in [1.29, 1.82) is 0 Å². The molecule has 0 bridgehead atoms. The molecule has 1 aliphatic heterocycles. The fraction of sp³-hybridized carbons (Fsp3) is 0.259. The van der Waals surface area contributed by atoms with Crippen molar-refractivity contribution in [3.63, 3.8) is 0 Å². The van der Waals surface area contributed by atoms with Crippen LogP contribution in [0.15, 0.2) is 47.4 Å². The first-order valence-corrected chi connectivity index (χ1v) is 11.4. The van der Waals surface area contributed by atoms with Gasteiger partial charge < -0.3 is 30.3 Å². The van der Waals surface area contributed by atoms with E-state index < -0.39 is 40.2 Å². The molecule has 0 fully saturated rings. The first-order chi connectivity index (χ1) is 17.4. The summed E-state index contributed by atoms with van der Waals surface area (Å²) in [5.41, 5.74) is -1.31. The predicted octanol–water partition coefficient (Wildman–Crippen LogP) is 2.81. The molecule has 0 spiro atoms. The summed E-state index contributed by atoms with van der Waals surface area (Å²) in [6, 6.07) is 6.72. The largest absolute Gasteiger partial charge is 0.507 e. The average molecular weight is 507 g/mol. The molecule has 192 valence electrons. The third kappa shape index (κ3) is 4.00. The van der Waals surface area contributed by atoms with Crippen LogP contribution in [0.5, 0.6) is 23.0 Å². The van der Waals surface area contributed by atoms with Gasteiger partial charge in [0.05, 0.1) is 24.8 Å². The molecule has 0 saturated carbocycles. The van der Waals surface area contributed by atoms with Crippen LogP contribution in [0.3, 0.4) is 0 Å². The summed E-state index contributed by atoms with van der Waals surface area (Å²) in [6.07, 6.45) is 1.12. The Bertz CT molecular complexity index is 1440. The van der Waals surface area contributed by atoms with Crippen molar-refractivity contribution in [2.75, 3.05) is 19.0 Å². The van der Waals surface area contributed by atoms with Crippen LogP contribution < -0.4 is 20.1 Å². The molecule has 37 heavy (non-hydrogen) atoms. The molecule has 1 atom stereocenters. The highest BCUT2D eigenvalue weighted by atomic mass is 16.5. The van der Waals surface area contributed by atoms with Crippen LogP contribution in [0, 0.1) is 6.92 Å². The summed E-state index contributed by atoms with van der Waals surface area (Å²) in [4.78, 5) is 51.4. The minimum absolute atomic E-state index is 0.000649. The SMILES string of the molecule is COc1ccc(NC(=O)CNC(C)=C2C(=O)C=C3Oc4c(C(C)=O)c(O)c(C)c(O)c4[C@@]3(C)C2=O)cc1. The number of fused-ring (bicyclic) bond motifs is 3. The molecule has 4 N–H and O–H groups in total. The van der Waals surface area contributed by atoms with Crippen LogP contribution in [-0.4, -0.2) is 47.1 Å². The van der Waals surface area contributed by atoms with Gasteiger partial charge in [-0.25, -0.2) is 0 Å². The van der Waals surface area contributed by atoms with E-state index >= 15 is 0 Å². The number of Topliss-reactive ketones (excluding diaryl/α,β-unsaturated/α-hetero) is 2. The van der Waals surface area contributed by atoms with Gasteiger partial charge in [-0.15, -0.1) is 0 Å². The molecule has 1 aliphatic carbocycles. The molecule has 0 radical (unpaired) electrons. The van der Waals surface area contributed by atoms with Gasteiger partial charge in [-0.3, -0.25) is 19.2 Å². The number of amides is 1. The van der Waals surface area contributed by atoms with Gasteiger partial charge in [0.25, 0.3) is 0 Å². The number of aromatic hydroxyl groups is 2. The minimum atomic E-state index is -1.63. The number of carbonyl (C=O) groups is 4. The van der Waals surface area contributed by atoms with Crippen molar-refractivity contribution < 1.29 is 38.9 Å². The van der Waals surface area contributed by atoms with E-state index in [1.165, 1.54) is 34.8 Å². The predicted molar refractivity (Wildman–Crippen MR) is 133 cm³/mol. The number of ketones is 3. The Kier molecular flexibility index (Phi) is 6.29. The van der Waals surface area contributed by atoms with Gasteiger partial charge >= 0.3 is 0 Å². The zero-order valence-corrected chi connectivity index (χ0v) is 20.9. The zero-order valence-electron chi connectivity index (χ0n) is 20.9. The number of phenolic OH excluding ortho intramolecular Hbond substituents is 2. The Morgan fingerprint density at radius 3 is 2.32 bits per heavy atom. The maximum Gasteiger partial charge on any atom is 0.243 e. The van der Waals surface area contributed by atoms with E-state index in [0.717, 1.165) is 6.08 Å². The summed E-state index contributed by atoms with van der Waals surface area (Å²) in [6.45, 7) is 5.37. The Balaban J connectivity index is 1.65. The molecule has 0 aromatic heterocycles. The molecule has 2 aromatic rings. The third-order valence-corrected chi connectivity index (χ3v) is 6.65. The normalized spacial score (nSPS) is 19.3. The number of hydrogen-bond acceptors (Lipinski definition) is 9. The van der Waals surface area contributed by atoms with Gasteiger partial charge in [0, 0.05) is 23.0 Å². The number of carbonyl (C=O) groups excluding carboxylic acids is 4. The second kappa shape index (κ2) is 9.12. The molecule has 4 rings (SSSR count). The molecule has 2 aromatic carbocycles. The summed E-state index contributed by atoms with van der Waals surface area (Å²) in [5, 5.41) is 26.8. The fourth-order valence-corrected chi connectivity index (χ4v) is 4.54. The molecule has 0 unspecified atom stereocenters. The molecule has 10 heteroatoms. The monoisotopic (exact) mass is 506 g/mol. The lowest BCUT2D eigenvalue weighted by molar-refractivity contribution is -0.124. The lowest BCUT2D eigenvalue weighted by Gasteiger charge is -2.29.